The van der Waals surface area contributed by atoms with Crippen LogP contribution in [0.2, 0.25) is 0 Å². The highest BCUT2D eigenvalue weighted by molar-refractivity contribution is 6.13. The Morgan fingerprint density at radius 1 is 1.17 bits per heavy atom. The van der Waals surface area contributed by atoms with Crippen molar-refractivity contribution in [2.45, 2.75) is 53.0 Å². The number of benzene rings is 1. The van der Waals surface area contributed by atoms with Crippen LogP contribution in [0.3, 0.4) is 0 Å². The number of fused-ring (bicyclic) bond motifs is 1. The maximum Gasteiger partial charge on any atom is 0.256 e. The van der Waals surface area contributed by atoms with Gasteiger partial charge in [-0.1, -0.05) is 26.0 Å². The molecule has 3 aromatic rings. The highest BCUT2D eigenvalue weighted by Gasteiger charge is 2.25. The summed E-state index contributed by atoms with van der Waals surface area (Å²) in [6, 6.07) is 9.10. The highest BCUT2D eigenvalue weighted by Crippen LogP contribution is 2.29. The Balaban J connectivity index is 0.00000210. The van der Waals surface area contributed by atoms with Crippen molar-refractivity contribution in [2.24, 2.45) is 0 Å². The number of nitrogen functional groups attached to an aromatic ring is 1. The molecule has 0 spiro atoms. The summed E-state index contributed by atoms with van der Waals surface area (Å²) in [5.74, 6) is -0.0230. The highest BCUT2D eigenvalue weighted by atomic mass is 35.5. The Morgan fingerprint density at radius 3 is 2.34 bits per heavy atom. The molecular formula is C21H29Cl2N5O. The number of nitrogens with zero attached hydrogens (tertiary/aromatic N) is 3. The van der Waals surface area contributed by atoms with Gasteiger partial charge in [-0.25, -0.2) is 9.67 Å². The van der Waals surface area contributed by atoms with Gasteiger partial charge in [-0.05, 0) is 51.8 Å². The zero-order valence-corrected chi connectivity index (χ0v) is 19.2. The molecule has 3 rings (SSSR count). The van der Waals surface area contributed by atoms with Gasteiger partial charge < -0.3 is 11.1 Å². The molecule has 0 atom stereocenters. The molecule has 3 N–H and O–H groups in total. The largest absolute Gasteiger partial charge is 0.397 e. The third-order valence-electron chi connectivity index (χ3n) is 4.51. The zero-order valence-electron chi connectivity index (χ0n) is 17.6. The first-order chi connectivity index (χ1) is 12.6. The second-order valence-corrected chi connectivity index (χ2v) is 8.16. The van der Waals surface area contributed by atoms with E-state index in [4.69, 9.17) is 10.7 Å². The minimum atomic E-state index is -0.243. The van der Waals surface area contributed by atoms with E-state index in [1.54, 1.807) is 12.1 Å². The number of nitrogens with two attached hydrogens (primary N) is 1. The van der Waals surface area contributed by atoms with Crippen molar-refractivity contribution in [1.29, 1.82) is 0 Å². The number of pyridine rings is 1. The van der Waals surface area contributed by atoms with Crippen LogP contribution in [-0.2, 0) is 5.54 Å². The van der Waals surface area contributed by atoms with Gasteiger partial charge in [-0.15, -0.1) is 24.8 Å². The molecule has 0 aliphatic carbocycles. The number of para-hydroxylation sites is 2. The van der Waals surface area contributed by atoms with Gasteiger partial charge >= 0.3 is 0 Å². The molecule has 2 aromatic heterocycles. The number of rotatable bonds is 3. The Bertz CT molecular complexity index is 1020. The van der Waals surface area contributed by atoms with E-state index in [0.717, 1.165) is 22.4 Å². The number of amides is 1. The molecule has 1 aromatic carbocycles. The average Bonchev–Trinajstić information content (AvgIpc) is 2.93. The monoisotopic (exact) mass is 437 g/mol. The molecule has 8 heteroatoms. The normalized spacial score (nSPS) is 11.1. The van der Waals surface area contributed by atoms with Crippen LogP contribution in [0.4, 0.5) is 11.4 Å². The number of hydrogen-bond donors (Lipinski definition) is 2. The van der Waals surface area contributed by atoms with Gasteiger partial charge in [0, 0.05) is 5.69 Å². The summed E-state index contributed by atoms with van der Waals surface area (Å²) in [4.78, 5) is 18.0. The second-order valence-electron chi connectivity index (χ2n) is 8.16. The molecule has 158 valence electrons. The van der Waals surface area contributed by atoms with E-state index in [0.29, 0.717) is 16.9 Å². The summed E-state index contributed by atoms with van der Waals surface area (Å²) in [7, 11) is 0. The number of carbonyl (C=O) groups excluding carboxylic acids is 1. The summed E-state index contributed by atoms with van der Waals surface area (Å²) in [6.07, 6.45) is 0. The summed E-state index contributed by atoms with van der Waals surface area (Å²) in [6.45, 7) is 12.3. The van der Waals surface area contributed by atoms with Gasteiger partial charge in [0.2, 0.25) is 0 Å². The van der Waals surface area contributed by atoms with E-state index >= 15 is 0 Å². The topological polar surface area (TPSA) is 85.8 Å². The van der Waals surface area contributed by atoms with E-state index < -0.39 is 0 Å². The fraction of sp³-hybridized carbons (Fsp3) is 0.381. The van der Waals surface area contributed by atoms with E-state index in [1.165, 1.54) is 0 Å². The lowest BCUT2D eigenvalue weighted by Crippen LogP contribution is -2.24. The number of carbonyl (C=O) groups is 1. The van der Waals surface area contributed by atoms with E-state index in [-0.39, 0.29) is 42.2 Å². The Kier molecular flexibility index (Phi) is 7.68. The van der Waals surface area contributed by atoms with Crippen LogP contribution < -0.4 is 11.1 Å². The Morgan fingerprint density at radius 2 is 1.79 bits per heavy atom. The number of nitrogens with one attached hydrogen (secondary N) is 1. The number of halogens is 2. The van der Waals surface area contributed by atoms with E-state index in [9.17, 15) is 4.79 Å². The number of hydrogen-bond acceptors (Lipinski definition) is 4. The van der Waals surface area contributed by atoms with Crippen molar-refractivity contribution in [3.8, 4) is 0 Å². The number of aromatic nitrogens is 3. The molecule has 29 heavy (non-hydrogen) atoms. The van der Waals surface area contributed by atoms with Gasteiger partial charge in [0.15, 0.2) is 5.65 Å². The molecule has 6 nitrogen and oxygen atoms in total. The van der Waals surface area contributed by atoms with Crippen molar-refractivity contribution in [3.05, 3.63) is 47.3 Å². The number of aryl methyl sites for hydroxylation is 1. The summed E-state index contributed by atoms with van der Waals surface area (Å²) >= 11 is 0. The third kappa shape index (κ3) is 4.82. The van der Waals surface area contributed by atoms with Crippen LogP contribution >= 0.6 is 24.8 Å². The zero-order chi connectivity index (χ0) is 19.9. The molecule has 0 saturated heterocycles. The molecule has 0 aliphatic heterocycles. The molecule has 2 heterocycles. The summed E-state index contributed by atoms with van der Waals surface area (Å²) in [5, 5.41) is 8.39. The maximum absolute atomic E-state index is 13.1. The van der Waals surface area contributed by atoms with Crippen molar-refractivity contribution < 1.29 is 4.79 Å². The molecule has 0 fully saturated rings. The number of anilines is 2. The second kappa shape index (κ2) is 9.01. The molecular weight excluding hydrogens is 409 g/mol. The van der Waals surface area contributed by atoms with Crippen molar-refractivity contribution in [2.75, 3.05) is 11.1 Å². The van der Waals surface area contributed by atoms with Crippen molar-refractivity contribution >= 4 is 53.1 Å². The standard InChI is InChI=1S/C21H27N5O.2ClH/c1-12(2)17-11-14(20(27)24-16-10-8-7-9-15(16)22)18-13(3)25-26(19(18)23-17)21(4,5)6;;/h7-12H,22H2,1-6H3,(H,24,27);2*1H. The average molecular weight is 438 g/mol. The van der Waals surface area contributed by atoms with Gasteiger partial charge in [0.05, 0.1) is 33.6 Å². The van der Waals surface area contributed by atoms with Crippen LogP contribution in [0.1, 0.15) is 62.3 Å². The maximum atomic E-state index is 13.1. The van der Waals surface area contributed by atoms with Gasteiger partial charge in [0.1, 0.15) is 0 Å². The minimum Gasteiger partial charge on any atom is -0.397 e. The van der Waals surface area contributed by atoms with Crippen LogP contribution in [0, 0.1) is 6.92 Å². The van der Waals surface area contributed by atoms with Crippen LogP contribution in [0.25, 0.3) is 11.0 Å². The molecule has 0 aliphatic rings. The minimum absolute atomic E-state index is 0. The SMILES string of the molecule is Cc1nn(C(C)(C)C)c2nc(C(C)C)cc(C(=O)Nc3ccccc3N)c12.Cl.Cl. The van der Waals surface area contributed by atoms with Crippen LogP contribution in [0.15, 0.2) is 30.3 Å². The molecule has 0 radical (unpaired) electrons. The van der Waals surface area contributed by atoms with Crippen LogP contribution in [0.5, 0.6) is 0 Å². The lowest BCUT2D eigenvalue weighted by molar-refractivity contribution is 0.102. The predicted molar refractivity (Wildman–Crippen MR) is 125 cm³/mol. The van der Waals surface area contributed by atoms with E-state index in [1.807, 2.05) is 29.8 Å². The first-order valence-corrected chi connectivity index (χ1v) is 9.16. The van der Waals surface area contributed by atoms with Gasteiger partial charge in [-0.3, -0.25) is 4.79 Å². The lowest BCUT2D eigenvalue weighted by Gasteiger charge is -2.20. The fourth-order valence-corrected chi connectivity index (χ4v) is 3.05. The summed E-state index contributed by atoms with van der Waals surface area (Å²) < 4.78 is 1.90. The first-order valence-electron chi connectivity index (χ1n) is 9.16. The predicted octanol–water partition coefficient (Wildman–Crippen LogP) is 5.30. The van der Waals surface area contributed by atoms with Gasteiger partial charge in [0.25, 0.3) is 5.91 Å². The van der Waals surface area contributed by atoms with Gasteiger partial charge in [-0.2, -0.15) is 5.10 Å². The molecule has 0 unspecified atom stereocenters. The quantitative estimate of drug-likeness (QED) is 0.544. The molecule has 1 amide bonds. The van der Waals surface area contributed by atoms with Crippen molar-refractivity contribution in [3.63, 3.8) is 0 Å². The molecule has 0 saturated carbocycles. The molecule has 0 bridgehead atoms. The van der Waals surface area contributed by atoms with Crippen molar-refractivity contribution in [1.82, 2.24) is 14.8 Å². The lowest BCUT2D eigenvalue weighted by atomic mass is 10.0. The first kappa shape index (κ1) is 24.7. The fourth-order valence-electron chi connectivity index (χ4n) is 3.05. The summed E-state index contributed by atoms with van der Waals surface area (Å²) in [5.41, 5.74) is 9.82. The Hall–Kier alpha value is -2.31. The third-order valence-corrected chi connectivity index (χ3v) is 4.51. The smallest absolute Gasteiger partial charge is 0.256 e. The van der Waals surface area contributed by atoms with E-state index in [2.05, 4.69) is 45.0 Å². The van der Waals surface area contributed by atoms with Crippen LogP contribution in [-0.4, -0.2) is 20.7 Å². The Labute approximate surface area is 184 Å².